The standard InChI is InChI=1S/C15H19N3O2S/c1-3-18(4-2)10-8-12-17-13(14(21-12)15(19)20)11-7-5-6-9-16-11/h5-7,9H,3-4,8,10H2,1-2H3,(H,19,20). The molecular weight excluding hydrogens is 286 g/mol. The van der Waals surface area contributed by atoms with Crippen molar-refractivity contribution in [3.63, 3.8) is 0 Å². The highest BCUT2D eigenvalue weighted by Crippen LogP contribution is 2.27. The summed E-state index contributed by atoms with van der Waals surface area (Å²) < 4.78 is 0. The largest absolute Gasteiger partial charge is 0.477 e. The zero-order chi connectivity index (χ0) is 15.2. The Morgan fingerprint density at radius 3 is 2.67 bits per heavy atom. The van der Waals surface area contributed by atoms with E-state index in [0.29, 0.717) is 11.4 Å². The molecule has 2 rings (SSSR count). The van der Waals surface area contributed by atoms with Crippen molar-refractivity contribution in [2.45, 2.75) is 20.3 Å². The van der Waals surface area contributed by atoms with Crippen molar-refractivity contribution in [3.05, 3.63) is 34.3 Å². The summed E-state index contributed by atoms with van der Waals surface area (Å²) in [4.78, 5) is 22.6. The quantitative estimate of drug-likeness (QED) is 0.852. The van der Waals surface area contributed by atoms with Gasteiger partial charge in [-0.25, -0.2) is 9.78 Å². The molecule has 0 aliphatic carbocycles. The number of carboxylic acid groups (broad SMARTS) is 1. The SMILES string of the molecule is CCN(CC)CCc1nc(-c2ccccn2)c(C(=O)O)s1. The molecule has 2 aromatic rings. The van der Waals surface area contributed by atoms with Gasteiger partial charge in [-0.05, 0) is 25.2 Å². The van der Waals surface area contributed by atoms with Crippen LogP contribution in [0.4, 0.5) is 0 Å². The monoisotopic (exact) mass is 305 g/mol. The first-order valence-corrected chi connectivity index (χ1v) is 7.84. The second-order valence-corrected chi connectivity index (χ2v) is 5.67. The van der Waals surface area contributed by atoms with E-state index in [4.69, 9.17) is 0 Å². The molecule has 0 aliphatic rings. The van der Waals surface area contributed by atoms with Crippen molar-refractivity contribution in [3.8, 4) is 11.4 Å². The zero-order valence-electron chi connectivity index (χ0n) is 12.2. The fourth-order valence-corrected chi connectivity index (χ4v) is 2.99. The average molecular weight is 305 g/mol. The molecule has 0 unspecified atom stereocenters. The molecule has 112 valence electrons. The third-order valence-corrected chi connectivity index (χ3v) is 4.41. The highest BCUT2D eigenvalue weighted by Gasteiger charge is 2.19. The number of carbonyl (C=O) groups is 1. The first-order valence-electron chi connectivity index (χ1n) is 7.02. The average Bonchev–Trinajstić information content (AvgIpc) is 2.94. The van der Waals surface area contributed by atoms with Crippen LogP contribution in [0.2, 0.25) is 0 Å². The predicted octanol–water partition coefficient (Wildman–Crippen LogP) is 2.79. The van der Waals surface area contributed by atoms with Crippen LogP contribution in [-0.4, -0.2) is 45.6 Å². The van der Waals surface area contributed by atoms with Crippen molar-refractivity contribution in [2.24, 2.45) is 0 Å². The number of nitrogens with zero attached hydrogens (tertiary/aromatic N) is 3. The van der Waals surface area contributed by atoms with Crippen LogP contribution in [-0.2, 0) is 6.42 Å². The summed E-state index contributed by atoms with van der Waals surface area (Å²) in [5, 5.41) is 10.2. The van der Waals surface area contributed by atoms with Crippen LogP contribution in [0.15, 0.2) is 24.4 Å². The molecule has 5 nitrogen and oxygen atoms in total. The molecule has 21 heavy (non-hydrogen) atoms. The van der Waals surface area contributed by atoms with Crippen LogP contribution in [0.5, 0.6) is 0 Å². The molecular formula is C15H19N3O2S. The number of hydrogen-bond donors (Lipinski definition) is 1. The van der Waals surface area contributed by atoms with Gasteiger partial charge in [-0.15, -0.1) is 11.3 Å². The Morgan fingerprint density at radius 2 is 2.10 bits per heavy atom. The number of aromatic nitrogens is 2. The summed E-state index contributed by atoms with van der Waals surface area (Å²) in [5.74, 6) is -0.942. The molecule has 6 heteroatoms. The van der Waals surface area contributed by atoms with Crippen molar-refractivity contribution in [2.75, 3.05) is 19.6 Å². The molecule has 0 radical (unpaired) electrons. The van der Waals surface area contributed by atoms with E-state index in [-0.39, 0.29) is 4.88 Å². The Bertz CT molecular complexity index is 594. The predicted molar refractivity (Wildman–Crippen MR) is 83.8 cm³/mol. The Kier molecular flexibility index (Phi) is 5.41. The summed E-state index contributed by atoms with van der Waals surface area (Å²) in [6.45, 7) is 7.10. The molecule has 0 fully saturated rings. The van der Waals surface area contributed by atoms with E-state index < -0.39 is 5.97 Å². The molecule has 0 spiro atoms. The Labute approximate surface area is 128 Å². The summed E-state index contributed by atoms with van der Waals surface area (Å²) >= 11 is 1.25. The van der Waals surface area contributed by atoms with Crippen molar-refractivity contribution in [1.82, 2.24) is 14.9 Å². The van der Waals surface area contributed by atoms with Gasteiger partial charge in [-0.1, -0.05) is 19.9 Å². The van der Waals surface area contributed by atoms with E-state index in [1.807, 2.05) is 6.07 Å². The fourth-order valence-electron chi connectivity index (χ4n) is 2.09. The molecule has 0 saturated carbocycles. The van der Waals surface area contributed by atoms with Crippen molar-refractivity contribution < 1.29 is 9.90 Å². The Morgan fingerprint density at radius 1 is 1.33 bits per heavy atom. The third kappa shape index (κ3) is 3.86. The van der Waals surface area contributed by atoms with Gasteiger partial charge in [-0.3, -0.25) is 4.98 Å². The maximum Gasteiger partial charge on any atom is 0.348 e. The Balaban J connectivity index is 2.24. The van der Waals surface area contributed by atoms with Gasteiger partial charge in [0.25, 0.3) is 0 Å². The topological polar surface area (TPSA) is 66.3 Å². The summed E-state index contributed by atoms with van der Waals surface area (Å²) in [5.41, 5.74) is 1.09. The number of likely N-dealkylation sites (N-methyl/N-ethyl adjacent to an activating group) is 1. The molecule has 0 saturated heterocycles. The molecule has 1 N–H and O–H groups in total. The van der Waals surface area contributed by atoms with Crippen molar-refractivity contribution >= 4 is 17.3 Å². The number of carboxylic acids is 1. The highest BCUT2D eigenvalue weighted by molar-refractivity contribution is 7.14. The summed E-state index contributed by atoms with van der Waals surface area (Å²) in [6.07, 6.45) is 2.41. The van der Waals surface area contributed by atoms with E-state index >= 15 is 0 Å². The second-order valence-electron chi connectivity index (χ2n) is 4.58. The minimum atomic E-state index is -0.942. The van der Waals surface area contributed by atoms with Crippen LogP contribution in [0.3, 0.4) is 0 Å². The molecule has 0 bridgehead atoms. The van der Waals surface area contributed by atoms with Crippen LogP contribution in [0, 0.1) is 0 Å². The lowest BCUT2D eigenvalue weighted by molar-refractivity contribution is 0.0702. The minimum Gasteiger partial charge on any atom is -0.477 e. The van der Waals surface area contributed by atoms with Crippen LogP contribution in [0.1, 0.15) is 28.5 Å². The third-order valence-electron chi connectivity index (χ3n) is 3.31. The molecule has 2 aromatic heterocycles. The molecule has 0 amide bonds. The van der Waals surface area contributed by atoms with E-state index in [0.717, 1.165) is 31.1 Å². The number of pyridine rings is 1. The molecule has 0 aromatic carbocycles. The number of hydrogen-bond acceptors (Lipinski definition) is 5. The number of thiazole rings is 1. The fraction of sp³-hybridized carbons (Fsp3) is 0.400. The maximum atomic E-state index is 11.4. The van der Waals surface area contributed by atoms with E-state index in [1.54, 1.807) is 18.3 Å². The van der Waals surface area contributed by atoms with Crippen molar-refractivity contribution in [1.29, 1.82) is 0 Å². The lowest BCUT2D eigenvalue weighted by Crippen LogP contribution is -2.25. The van der Waals surface area contributed by atoms with Crippen LogP contribution in [0.25, 0.3) is 11.4 Å². The Hall–Kier alpha value is -1.79. The second kappa shape index (κ2) is 7.28. The van der Waals surface area contributed by atoms with Crippen LogP contribution >= 0.6 is 11.3 Å². The van der Waals surface area contributed by atoms with E-state index in [9.17, 15) is 9.90 Å². The van der Waals surface area contributed by atoms with E-state index in [2.05, 4.69) is 28.7 Å². The minimum absolute atomic E-state index is 0.267. The lowest BCUT2D eigenvalue weighted by Gasteiger charge is -2.16. The first kappa shape index (κ1) is 15.6. The molecule has 2 heterocycles. The van der Waals surface area contributed by atoms with Gasteiger partial charge in [0.1, 0.15) is 10.6 Å². The first-order chi connectivity index (χ1) is 10.2. The van der Waals surface area contributed by atoms with Gasteiger partial charge in [0.2, 0.25) is 0 Å². The van der Waals surface area contributed by atoms with Gasteiger partial charge in [0.05, 0.1) is 10.7 Å². The smallest absolute Gasteiger partial charge is 0.348 e. The van der Waals surface area contributed by atoms with Gasteiger partial charge in [-0.2, -0.15) is 0 Å². The zero-order valence-corrected chi connectivity index (χ0v) is 13.1. The summed E-state index contributed by atoms with van der Waals surface area (Å²) in [7, 11) is 0. The van der Waals surface area contributed by atoms with Gasteiger partial charge in [0, 0.05) is 19.2 Å². The van der Waals surface area contributed by atoms with Gasteiger partial charge in [0.15, 0.2) is 0 Å². The van der Waals surface area contributed by atoms with Gasteiger partial charge < -0.3 is 10.0 Å². The normalized spacial score (nSPS) is 11.0. The maximum absolute atomic E-state index is 11.4. The highest BCUT2D eigenvalue weighted by atomic mass is 32.1. The molecule has 0 aliphatic heterocycles. The van der Waals surface area contributed by atoms with E-state index in [1.165, 1.54) is 11.3 Å². The number of rotatable bonds is 7. The molecule has 0 atom stereocenters. The summed E-state index contributed by atoms with van der Waals surface area (Å²) in [6, 6.07) is 5.43. The van der Waals surface area contributed by atoms with Gasteiger partial charge >= 0.3 is 5.97 Å². The lowest BCUT2D eigenvalue weighted by atomic mass is 10.2. The number of aromatic carboxylic acids is 1. The van der Waals surface area contributed by atoms with Crippen LogP contribution < -0.4 is 0 Å².